The maximum absolute atomic E-state index is 12.7. The van der Waals surface area contributed by atoms with Gasteiger partial charge in [-0.3, -0.25) is 14.4 Å². The number of nitrogens with zero attached hydrogens (tertiary/aromatic N) is 1. The van der Waals surface area contributed by atoms with Crippen LogP contribution >= 0.6 is 0 Å². The monoisotopic (exact) mass is 370 g/mol. The van der Waals surface area contributed by atoms with E-state index in [-0.39, 0.29) is 31.3 Å². The maximum atomic E-state index is 12.7. The number of benzene rings is 2. The Kier molecular flexibility index (Phi) is 6.93. The average Bonchev–Trinajstić information content (AvgIpc) is 2.66. The largest absolute Gasteiger partial charge is 0.493 e. The van der Waals surface area contributed by atoms with Gasteiger partial charge in [-0.15, -0.1) is 0 Å². The Morgan fingerprint density at radius 3 is 2.33 bits per heavy atom. The van der Waals surface area contributed by atoms with Crippen molar-refractivity contribution in [2.45, 2.75) is 13.3 Å². The molecule has 0 saturated heterocycles. The van der Waals surface area contributed by atoms with Crippen LogP contribution in [-0.4, -0.2) is 37.9 Å². The normalized spacial score (nSPS) is 10.1. The third-order valence-electron chi connectivity index (χ3n) is 3.87. The molecule has 7 heteroatoms. The standard InChI is InChI=1S/C20H22N2O5/c1-14(23)15-8-9-17(18(12-15)26-2)27-13-20(25)22(11-10-19(21)24)16-6-4-3-5-7-16/h3-9,12H,10-11,13H2,1-2H3,(H2,21,24). The summed E-state index contributed by atoms with van der Waals surface area (Å²) in [6.07, 6.45) is 0.0390. The Bertz CT molecular complexity index is 820. The van der Waals surface area contributed by atoms with E-state index < -0.39 is 5.91 Å². The lowest BCUT2D eigenvalue weighted by molar-refractivity contribution is -0.120. The van der Waals surface area contributed by atoms with Crippen molar-refractivity contribution in [3.05, 3.63) is 54.1 Å². The Morgan fingerprint density at radius 2 is 1.74 bits per heavy atom. The van der Waals surface area contributed by atoms with Crippen molar-refractivity contribution in [1.29, 1.82) is 0 Å². The van der Waals surface area contributed by atoms with Gasteiger partial charge in [0.1, 0.15) is 0 Å². The van der Waals surface area contributed by atoms with Crippen molar-refractivity contribution < 1.29 is 23.9 Å². The van der Waals surface area contributed by atoms with Crippen LogP contribution in [0.5, 0.6) is 11.5 Å². The van der Waals surface area contributed by atoms with Crippen LogP contribution in [0.3, 0.4) is 0 Å². The van der Waals surface area contributed by atoms with Gasteiger partial charge in [0, 0.05) is 24.2 Å². The van der Waals surface area contributed by atoms with Gasteiger partial charge in [0.05, 0.1) is 7.11 Å². The third-order valence-corrected chi connectivity index (χ3v) is 3.87. The second-order valence-electron chi connectivity index (χ2n) is 5.81. The van der Waals surface area contributed by atoms with Gasteiger partial charge in [0.15, 0.2) is 23.9 Å². The summed E-state index contributed by atoms with van der Waals surface area (Å²) in [7, 11) is 1.46. The Balaban J connectivity index is 2.13. The van der Waals surface area contributed by atoms with Gasteiger partial charge in [-0.2, -0.15) is 0 Å². The lowest BCUT2D eigenvalue weighted by atomic mass is 10.1. The number of amides is 2. The van der Waals surface area contributed by atoms with Gasteiger partial charge >= 0.3 is 0 Å². The molecule has 0 bridgehead atoms. The number of hydrogen-bond donors (Lipinski definition) is 1. The van der Waals surface area contributed by atoms with Crippen molar-refractivity contribution in [3.8, 4) is 11.5 Å². The zero-order chi connectivity index (χ0) is 19.8. The molecule has 0 heterocycles. The van der Waals surface area contributed by atoms with E-state index in [4.69, 9.17) is 15.2 Å². The smallest absolute Gasteiger partial charge is 0.264 e. The van der Waals surface area contributed by atoms with Crippen LogP contribution in [0, 0.1) is 0 Å². The molecule has 0 fully saturated rings. The molecule has 2 aromatic rings. The summed E-state index contributed by atoms with van der Waals surface area (Å²) in [6, 6.07) is 13.7. The second kappa shape index (κ2) is 9.38. The fourth-order valence-electron chi connectivity index (χ4n) is 2.45. The number of Topliss-reactive ketones (excluding diaryl/α,β-unsaturated/α-hetero) is 1. The number of methoxy groups -OCH3 is 1. The van der Waals surface area contributed by atoms with Crippen molar-refractivity contribution in [2.75, 3.05) is 25.2 Å². The highest BCUT2D eigenvalue weighted by Crippen LogP contribution is 2.28. The molecule has 27 heavy (non-hydrogen) atoms. The molecule has 0 aliphatic heterocycles. The van der Waals surface area contributed by atoms with Crippen LogP contribution in [0.4, 0.5) is 5.69 Å². The fraction of sp³-hybridized carbons (Fsp3) is 0.250. The summed E-state index contributed by atoms with van der Waals surface area (Å²) < 4.78 is 10.8. The first-order valence-electron chi connectivity index (χ1n) is 8.38. The summed E-state index contributed by atoms with van der Waals surface area (Å²) in [5.74, 6) is -0.221. The minimum atomic E-state index is -0.494. The molecular formula is C20H22N2O5. The van der Waals surface area contributed by atoms with Crippen molar-refractivity contribution >= 4 is 23.3 Å². The van der Waals surface area contributed by atoms with E-state index in [0.29, 0.717) is 22.7 Å². The van der Waals surface area contributed by atoms with Crippen LogP contribution in [0.1, 0.15) is 23.7 Å². The molecule has 2 rings (SSSR count). The Hall–Kier alpha value is -3.35. The molecular weight excluding hydrogens is 348 g/mol. The van der Waals surface area contributed by atoms with Crippen LogP contribution < -0.4 is 20.1 Å². The first kappa shape index (κ1) is 20.0. The van der Waals surface area contributed by atoms with E-state index in [1.807, 2.05) is 6.07 Å². The first-order chi connectivity index (χ1) is 12.9. The highest BCUT2D eigenvalue weighted by molar-refractivity contribution is 5.96. The molecule has 0 atom stereocenters. The summed E-state index contributed by atoms with van der Waals surface area (Å²) >= 11 is 0. The van der Waals surface area contributed by atoms with Crippen molar-refractivity contribution in [3.63, 3.8) is 0 Å². The number of nitrogens with two attached hydrogens (primary N) is 1. The van der Waals surface area contributed by atoms with Crippen molar-refractivity contribution in [1.82, 2.24) is 0 Å². The number of carbonyl (C=O) groups is 3. The molecule has 2 amide bonds. The van der Waals surface area contributed by atoms with Crippen molar-refractivity contribution in [2.24, 2.45) is 5.73 Å². The first-order valence-corrected chi connectivity index (χ1v) is 8.38. The van der Waals surface area contributed by atoms with E-state index in [1.165, 1.54) is 18.9 Å². The van der Waals surface area contributed by atoms with Crippen LogP contribution in [-0.2, 0) is 9.59 Å². The van der Waals surface area contributed by atoms with Crippen LogP contribution in [0.25, 0.3) is 0 Å². The fourth-order valence-corrected chi connectivity index (χ4v) is 2.45. The number of ether oxygens (including phenoxy) is 2. The van der Waals surface area contributed by atoms with Gasteiger partial charge in [0.2, 0.25) is 5.91 Å². The molecule has 7 nitrogen and oxygen atoms in total. The number of primary amides is 1. The quantitative estimate of drug-likeness (QED) is 0.682. The van der Waals surface area contributed by atoms with Gasteiger partial charge < -0.3 is 20.1 Å². The number of hydrogen-bond acceptors (Lipinski definition) is 5. The topological polar surface area (TPSA) is 98.9 Å². The molecule has 0 spiro atoms. The van der Waals surface area contributed by atoms with Crippen LogP contribution in [0.15, 0.2) is 48.5 Å². The predicted molar refractivity (Wildman–Crippen MR) is 101 cm³/mol. The van der Waals surface area contributed by atoms with E-state index in [0.717, 1.165) is 0 Å². The molecule has 142 valence electrons. The molecule has 0 aliphatic carbocycles. The number of ketones is 1. The number of rotatable bonds is 9. The number of anilines is 1. The zero-order valence-corrected chi connectivity index (χ0v) is 15.3. The molecule has 0 radical (unpaired) electrons. The Morgan fingerprint density at radius 1 is 1.04 bits per heavy atom. The summed E-state index contributed by atoms with van der Waals surface area (Å²) in [4.78, 5) is 36.7. The van der Waals surface area contributed by atoms with Crippen LogP contribution in [0.2, 0.25) is 0 Å². The average molecular weight is 370 g/mol. The van der Waals surface area contributed by atoms with Gasteiger partial charge in [0.25, 0.3) is 5.91 Å². The predicted octanol–water partition coefficient (Wildman–Crippen LogP) is 2.19. The SMILES string of the molecule is COc1cc(C(C)=O)ccc1OCC(=O)N(CCC(N)=O)c1ccccc1. The number of para-hydroxylation sites is 1. The summed E-state index contributed by atoms with van der Waals surface area (Å²) in [6.45, 7) is 1.35. The summed E-state index contributed by atoms with van der Waals surface area (Å²) in [5, 5.41) is 0. The van der Waals surface area contributed by atoms with Gasteiger partial charge in [-0.05, 0) is 37.3 Å². The van der Waals surface area contributed by atoms with Gasteiger partial charge in [-0.1, -0.05) is 18.2 Å². The highest BCUT2D eigenvalue weighted by atomic mass is 16.5. The molecule has 2 aromatic carbocycles. The number of carbonyl (C=O) groups excluding carboxylic acids is 3. The highest BCUT2D eigenvalue weighted by Gasteiger charge is 2.18. The van der Waals surface area contributed by atoms with E-state index in [9.17, 15) is 14.4 Å². The lowest BCUT2D eigenvalue weighted by Crippen LogP contribution is -2.37. The lowest BCUT2D eigenvalue weighted by Gasteiger charge is -2.22. The van der Waals surface area contributed by atoms with E-state index in [1.54, 1.807) is 42.5 Å². The van der Waals surface area contributed by atoms with E-state index >= 15 is 0 Å². The molecule has 2 N–H and O–H groups in total. The molecule has 0 aromatic heterocycles. The minimum absolute atomic E-state index is 0.0390. The molecule has 0 aliphatic rings. The van der Waals surface area contributed by atoms with E-state index in [2.05, 4.69) is 0 Å². The second-order valence-corrected chi connectivity index (χ2v) is 5.81. The Labute approximate surface area is 157 Å². The zero-order valence-electron chi connectivity index (χ0n) is 15.3. The maximum Gasteiger partial charge on any atom is 0.264 e. The molecule has 0 saturated carbocycles. The molecule has 0 unspecified atom stereocenters. The minimum Gasteiger partial charge on any atom is -0.493 e. The van der Waals surface area contributed by atoms with Gasteiger partial charge in [-0.25, -0.2) is 0 Å². The summed E-state index contributed by atoms with van der Waals surface area (Å²) in [5.41, 5.74) is 6.34. The third kappa shape index (κ3) is 5.57.